The van der Waals surface area contributed by atoms with Gasteiger partial charge in [-0.25, -0.2) is 9.59 Å². The van der Waals surface area contributed by atoms with Crippen LogP contribution in [0, 0.1) is 0 Å². The number of halogens is 1. The van der Waals surface area contributed by atoms with Crippen LogP contribution in [0.15, 0.2) is 76.8 Å². The van der Waals surface area contributed by atoms with Crippen LogP contribution in [0.3, 0.4) is 0 Å². The molecule has 1 N–H and O–H groups in total. The highest BCUT2D eigenvalue weighted by molar-refractivity contribution is 6.31. The first kappa shape index (κ1) is 25.9. The SMILES string of the molecule is COC(=O)c1ccc(CN2C(=O)N/C(=C\c3cc(Cl)cc(OC)c3OCc3cccc4ccccc34)C2=O)o1. The zero-order valence-electron chi connectivity index (χ0n) is 21.0. The molecule has 1 aliphatic rings. The fourth-order valence-electron chi connectivity index (χ4n) is 4.27. The number of hydrogen-bond acceptors (Lipinski definition) is 7. The number of methoxy groups -OCH3 is 2. The molecule has 0 aliphatic carbocycles. The summed E-state index contributed by atoms with van der Waals surface area (Å²) in [6.45, 7) is 0.0469. The second-order valence-electron chi connectivity index (χ2n) is 8.59. The minimum absolute atomic E-state index is 0.0130. The van der Waals surface area contributed by atoms with Crippen molar-refractivity contribution in [2.75, 3.05) is 14.2 Å². The number of carbonyl (C=O) groups is 3. The van der Waals surface area contributed by atoms with E-state index in [0.29, 0.717) is 22.1 Å². The normalized spacial score (nSPS) is 14.1. The Bertz CT molecular complexity index is 1620. The van der Waals surface area contributed by atoms with Gasteiger partial charge in [-0.2, -0.15) is 0 Å². The quantitative estimate of drug-likeness (QED) is 0.175. The number of imide groups is 1. The Labute approximate surface area is 228 Å². The lowest BCUT2D eigenvalue weighted by Crippen LogP contribution is -2.30. The number of fused-ring (bicyclic) bond motifs is 1. The summed E-state index contributed by atoms with van der Waals surface area (Å²) in [5, 5.41) is 5.06. The van der Waals surface area contributed by atoms with Crippen LogP contribution in [0.2, 0.25) is 5.02 Å². The van der Waals surface area contributed by atoms with Crippen LogP contribution in [0.1, 0.15) is 27.4 Å². The molecule has 1 aromatic heterocycles. The summed E-state index contributed by atoms with van der Waals surface area (Å²) in [5.74, 6) is -0.316. The highest BCUT2D eigenvalue weighted by Gasteiger charge is 2.35. The molecule has 0 unspecified atom stereocenters. The number of nitrogens with zero attached hydrogens (tertiary/aromatic N) is 1. The van der Waals surface area contributed by atoms with Crippen LogP contribution in [0.5, 0.6) is 11.5 Å². The Morgan fingerprint density at radius 3 is 2.64 bits per heavy atom. The molecule has 0 bridgehead atoms. The van der Waals surface area contributed by atoms with Gasteiger partial charge in [0.1, 0.15) is 18.1 Å². The molecule has 3 amide bonds. The van der Waals surface area contributed by atoms with Gasteiger partial charge in [0.25, 0.3) is 5.91 Å². The topological polar surface area (TPSA) is 107 Å². The highest BCUT2D eigenvalue weighted by atomic mass is 35.5. The third-order valence-corrected chi connectivity index (χ3v) is 6.36. The number of carbonyl (C=O) groups excluding carboxylic acids is 3. The third-order valence-electron chi connectivity index (χ3n) is 6.14. The van der Waals surface area contributed by atoms with Crippen molar-refractivity contribution in [3.05, 3.63) is 100 Å². The molecule has 0 spiro atoms. The summed E-state index contributed by atoms with van der Waals surface area (Å²) in [5.41, 5.74) is 1.42. The summed E-state index contributed by atoms with van der Waals surface area (Å²) >= 11 is 6.32. The molecule has 0 saturated carbocycles. The molecule has 198 valence electrons. The highest BCUT2D eigenvalue weighted by Crippen LogP contribution is 2.37. The summed E-state index contributed by atoms with van der Waals surface area (Å²) in [6, 6.07) is 19.4. The van der Waals surface area contributed by atoms with Gasteiger partial charge in [-0.15, -0.1) is 0 Å². The van der Waals surface area contributed by atoms with Crippen LogP contribution < -0.4 is 14.8 Å². The minimum Gasteiger partial charge on any atom is -0.493 e. The maximum absolute atomic E-state index is 13.1. The molecule has 3 aromatic carbocycles. The average Bonchev–Trinajstić information content (AvgIpc) is 3.52. The zero-order chi connectivity index (χ0) is 27.5. The number of urea groups is 1. The standard InChI is InChI=1S/C29H23ClN2O7/c1-36-25-14-20(30)12-19(26(25)38-16-18-8-5-7-17-6-3-4-9-22(17)18)13-23-27(33)32(29(35)31-23)15-21-10-11-24(39-21)28(34)37-2/h3-14H,15-16H2,1-2H3,(H,31,35)/b23-13-. The Morgan fingerprint density at radius 2 is 1.85 bits per heavy atom. The summed E-state index contributed by atoms with van der Waals surface area (Å²) in [6.07, 6.45) is 1.48. The van der Waals surface area contributed by atoms with Gasteiger partial charge in [-0.3, -0.25) is 9.69 Å². The van der Waals surface area contributed by atoms with Gasteiger partial charge in [0.05, 0.1) is 20.8 Å². The summed E-state index contributed by atoms with van der Waals surface area (Å²) in [7, 11) is 2.72. The molecule has 0 atom stereocenters. The molecular weight excluding hydrogens is 524 g/mol. The van der Waals surface area contributed by atoms with Crippen LogP contribution in [0.25, 0.3) is 16.8 Å². The molecule has 1 saturated heterocycles. The lowest BCUT2D eigenvalue weighted by molar-refractivity contribution is -0.123. The van der Waals surface area contributed by atoms with Gasteiger partial charge in [0, 0.05) is 16.7 Å². The number of rotatable bonds is 8. The third kappa shape index (κ3) is 5.30. The lowest BCUT2D eigenvalue weighted by atomic mass is 10.1. The monoisotopic (exact) mass is 546 g/mol. The first-order valence-corrected chi connectivity index (χ1v) is 12.2. The van der Waals surface area contributed by atoms with Crippen LogP contribution in [-0.4, -0.2) is 37.0 Å². The first-order chi connectivity index (χ1) is 18.9. The maximum atomic E-state index is 13.1. The van der Waals surface area contributed by atoms with Gasteiger partial charge in [0.2, 0.25) is 5.76 Å². The zero-order valence-corrected chi connectivity index (χ0v) is 21.8. The molecular formula is C29H23ClN2O7. The molecule has 5 rings (SSSR count). The smallest absolute Gasteiger partial charge is 0.373 e. The van der Waals surface area contributed by atoms with E-state index in [0.717, 1.165) is 21.2 Å². The van der Waals surface area contributed by atoms with E-state index in [1.54, 1.807) is 12.1 Å². The molecule has 0 radical (unpaired) electrons. The number of esters is 1. The van der Waals surface area contributed by atoms with E-state index in [-0.39, 0.29) is 30.4 Å². The number of amides is 3. The van der Waals surface area contributed by atoms with Gasteiger partial charge in [-0.05, 0) is 40.6 Å². The predicted octanol–water partition coefficient (Wildman–Crippen LogP) is 5.55. The van der Waals surface area contributed by atoms with Crippen molar-refractivity contribution < 1.29 is 33.0 Å². The van der Waals surface area contributed by atoms with Crippen molar-refractivity contribution in [3.8, 4) is 11.5 Å². The number of nitrogens with one attached hydrogen (secondary N) is 1. The maximum Gasteiger partial charge on any atom is 0.373 e. The van der Waals surface area contributed by atoms with E-state index in [1.165, 1.54) is 32.4 Å². The average molecular weight is 547 g/mol. The van der Waals surface area contributed by atoms with Crippen LogP contribution >= 0.6 is 11.6 Å². The van der Waals surface area contributed by atoms with E-state index in [4.69, 9.17) is 25.5 Å². The molecule has 2 heterocycles. The molecule has 1 fully saturated rings. The Hall–Kier alpha value is -4.76. The van der Waals surface area contributed by atoms with Crippen molar-refractivity contribution >= 4 is 46.4 Å². The fourth-order valence-corrected chi connectivity index (χ4v) is 4.49. The number of furan rings is 1. The van der Waals surface area contributed by atoms with Crippen LogP contribution in [0.4, 0.5) is 4.79 Å². The van der Waals surface area contributed by atoms with Gasteiger partial charge < -0.3 is 23.9 Å². The first-order valence-electron chi connectivity index (χ1n) is 11.9. The van der Waals surface area contributed by atoms with Gasteiger partial charge in [0.15, 0.2) is 11.5 Å². The van der Waals surface area contributed by atoms with E-state index < -0.39 is 17.9 Å². The number of hydrogen-bond donors (Lipinski definition) is 1. The Morgan fingerprint density at radius 1 is 1.05 bits per heavy atom. The van der Waals surface area contributed by atoms with Crippen molar-refractivity contribution in [3.63, 3.8) is 0 Å². The van der Waals surface area contributed by atoms with E-state index in [2.05, 4.69) is 10.1 Å². The number of ether oxygens (including phenoxy) is 3. The predicted molar refractivity (Wildman–Crippen MR) is 143 cm³/mol. The fraction of sp³-hybridized carbons (Fsp3) is 0.138. The van der Waals surface area contributed by atoms with Crippen molar-refractivity contribution in [2.45, 2.75) is 13.2 Å². The van der Waals surface area contributed by atoms with Crippen molar-refractivity contribution in [2.24, 2.45) is 0 Å². The number of benzene rings is 3. The molecule has 10 heteroatoms. The molecule has 1 aliphatic heterocycles. The molecule has 4 aromatic rings. The second-order valence-corrected chi connectivity index (χ2v) is 9.03. The van der Waals surface area contributed by atoms with Crippen LogP contribution in [-0.2, 0) is 22.7 Å². The van der Waals surface area contributed by atoms with Crippen molar-refractivity contribution in [1.82, 2.24) is 10.2 Å². The van der Waals surface area contributed by atoms with E-state index in [1.807, 2.05) is 42.5 Å². The lowest BCUT2D eigenvalue weighted by Gasteiger charge is -2.15. The van der Waals surface area contributed by atoms with E-state index in [9.17, 15) is 14.4 Å². The summed E-state index contributed by atoms with van der Waals surface area (Å²) < 4.78 is 21.7. The van der Waals surface area contributed by atoms with Gasteiger partial charge in [-0.1, -0.05) is 54.1 Å². The minimum atomic E-state index is -0.662. The second kappa shape index (κ2) is 10.9. The van der Waals surface area contributed by atoms with Gasteiger partial charge >= 0.3 is 12.0 Å². The molecule has 9 nitrogen and oxygen atoms in total. The van der Waals surface area contributed by atoms with E-state index >= 15 is 0 Å². The Balaban J connectivity index is 1.42. The largest absolute Gasteiger partial charge is 0.493 e. The van der Waals surface area contributed by atoms with Crippen molar-refractivity contribution in [1.29, 1.82) is 0 Å². The Kier molecular flexibility index (Phi) is 7.25. The summed E-state index contributed by atoms with van der Waals surface area (Å²) in [4.78, 5) is 38.4. The molecule has 39 heavy (non-hydrogen) atoms.